The molecule has 0 atom stereocenters. The minimum Gasteiger partial charge on any atom is -0.640 e. The predicted molar refractivity (Wildman–Crippen MR) is 193 cm³/mol. The first-order valence-corrected chi connectivity index (χ1v) is 17.3. The van der Waals surface area contributed by atoms with Gasteiger partial charge in [-0.05, 0) is 59.1 Å². The molecular weight excluding hydrogens is 582 g/mol. The van der Waals surface area contributed by atoms with E-state index in [0.29, 0.717) is 53.2 Å². The molecule has 242 valence electrons. The van der Waals surface area contributed by atoms with Crippen molar-refractivity contribution in [2.75, 3.05) is 17.9 Å². The fourth-order valence-corrected chi connectivity index (χ4v) is 7.54. The number of para-hydroxylation sites is 6. The number of hydrogen-bond acceptors (Lipinski definition) is 5. The van der Waals surface area contributed by atoms with E-state index in [2.05, 4.69) is 101 Å². The molecular formula is C39H46B2N2O4. The summed E-state index contributed by atoms with van der Waals surface area (Å²) in [4.78, 5) is 2.45. The zero-order valence-corrected chi connectivity index (χ0v) is 29.0. The Kier molecular flexibility index (Phi) is 8.02. The van der Waals surface area contributed by atoms with Crippen LogP contribution in [0.2, 0.25) is 0 Å². The summed E-state index contributed by atoms with van der Waals surface area (Å²) in [6, 6.07) is 29.2. The fourth-order valence-electron chi connectivity index (χ4n) is 7.54. The Hall–Kier alpha value is -4.32. The molecule has 0 unspecified atom stereocenters. The van der Waals surface area contributed by atoms with E-state index in [1.54, 1.807) is 0 Å². The molecule has 3 heterocycles. The fraction of sp³-hybridized carbons (Fsp3) is 0.359. The summed E-state index contributed by atoms with van der Waals surface area (Å²) in [7, 11) is -0.570. The standard InChI is InChI=1S/C39H46B2N2O4/c1-25(2)29-15-13-16-30(26(3)4)37(29)42-23-24-43(38-31(27(5)6)17-14-18-32(38)28(7)8)40-39(42)41(45-34-20-10-9-19-33(34)44-40)46-35-21-11-12-22-36(35)47-41/h9-22,25-28H,23-24H2,1-8H3. The van der Waals surface area contributed by atoms with Crippen LogP contribution in [0.4, 0.5) is 11.4 Å². The van der Waals surface area contributed by atoms with Gasteiger partial charge in [-0.1, -0.05) is 116 Å². The average molecular weight is 628 g/mol. The van der Waals surface area contributed by atoms with Gasteiger partial charge in [-0.3, -0.25) is 0 Å². The van der Waals surface area contributed by atoms with Gasteiger partial charge in [-0.2, -0.15) is 0 Å². The minimum absolute atomic E-state index is 0.297. The van der Waals surface area contributed by atoms with Crippen LogP contribution in [-0.2, 0) is 0 Å². The third kappa shape index (κ3) is 5.26. The van der Waals surface area contributed by atoms with Gasteiger partial charge < -0.3 is 23.4 Å². The van der Waals surface area contributed by atoms with E-state index in [9.17, 15) is 0 Å². The average Bonchev–Trinajstić information content (AvgIpc) is 3.36. The lowest BCUT2D eigenvalue weighted by atomic mass is 9.49. The number of fused-ring (bicyclic) bond motifs is 4. The van der Waals surface area contributed by atoms with Crippen LogP contribution in [0.1, 0.15) is 101 Å². The highest BCUT2D eigenvalue weighted by molar-refractivity contribution is 7.20. The second-order valence-corrected chi connectivity index (χ2v) is 14.3. The Morgan fingerprint density at radius 3 is 1.47 bits per heavy atom. The molecule has 6 nitrogen and oxygen atoms in total. The van der Waals surface area contributed by atoms with Crippen LogP contribution in [0.25, 0.3) is 0 Å². The first kappa shape index (κ1) is 31.3. The number of anilines is 1. The molecule has 47 heavy (non-hydrogen) atoms. The second kappa shape index (κ2) is 12.0. The van der Waals surface area contributed by atoms with Crippen molar-refractivity contribution in [2.24, 2.45) is 0 Å². The van der Waals surface area contributed by atoms with Crippen molar-refractivity contribution in [1.82, 2.24) is 0 Å². The van der Waals surface area contributed by atoms with Gasteiger partial charge >= 0.3 is 13.8 Å². The second-order valence-electron chi connectivity index (χ2n) is 14.3. The topological polar surface area (TPSA) is 43.2 Å². The Balaban J connectivity index is 1.58. The van der Waals surface area contributed by atoms with E-state index in [4.69, 9.17) is 18.6 Å². The van der Waals surface area contributed by atoms with E-state index in [1.807, 2.05) is 48.5 Å². The van der Waals surface area contributed by atoms with Gasteiger partial charge in [0, 0.05) is 16.8 Å². The summed E-state index contributed by atoms with van der Waals surface area (Å²) in [6.45, 7) is 17.0. The lowest BCUT2D eigenvalue weighted by molar-refractivity contribution is -0.437. The van der Waals surface area contributed by atoms with Crippen LogP contribution in [0.3, 0.4) is 0 Å². The molecule has 1 spiro atoms. The summed E-state index contributed by atoms with van der Waals surface area (Å²) in [5, 5.41) is 0. The third-order valence-electron chi connectivity index (χ3n) is 9.80. The Morgan fingerprint density at radius 1 is 0.574 bits per heavy atom. The van der Waals surface area contributed by atoms with E-state index >= 15 is 0 Å². The molecule has 4 aromatic rings. The van der Waals surface area contributed by atoms with Gasteiger partial charge in [0.1, 0.15) is 23.0 Å². The van der Waals surface area contributed by atoms with Crippen LogP contribution in [0.5, 0.6) is 23.0 Å². The highest BCUT2D eigenvalue weighted by Gasteiger charge is 2.64. The van der Waals surface area contributed by atoms with Crippen molar-refractivity contribution in [1.29, 1.82) is 0 Å². The molecule has 3 aliphatic heterocycles. The van der Waals surface area contributed by atoms with Crippen LogP contribution >= 0.6 is 0 Å². The number of benzene rings is 4. The predicted octanol–water partition coefficient (Wildman–Crippen LogP) is 9.23. The van der Waals surface area contributed by atoms with Crippen molar-refractivity contribution in [3.8, 4) is 23.0 Å². The van der Waals surface area contributed by atoms with Gasteiger partial charge in [-0.25, -0.2) is 4.58 Å². The number of rotatable bonds is 6. The molecule has 0 saturated heterocycles. The van der Waals surface area contributed by atoms with Crippen molar-refractivity contribution >= 4 is 30.7 Å². The molecule has 0 aromatic heterocycles. The van der Waals surface area contributed by atoms with Gasteiger partial charge in [-0.15, -0.1) is 0 Å². The quantitative estimate of drug-likeness (QED) is 0.157. The lowest BCUT2D eigenvalue weighted by Gasteiger charge is -2.41. The Bertz CT molecular complexity index is 1770. The van der Waals surface area contributed by atoms with Crippen LogP contribution in [0.15, 0.2) is 84.9 Å². The monoisotopic (exact) mass is 628 g/mol. The van der Waals surface area contributed by atoms with Crippen molar-refractivity contribution in [3.63, 3.8) is 0 Å². The van der Waals surface area contributed by atoms with Gasteiger partial charge in [0.05, 0.1) is 6.54 Å². The maximum absolute atomic E-state index is 7.21. The van der Waals surface area contributed by atoms with E-state index in [-0.39, 0.29) is 0 Å². The molecule has 0 N–H and O–H groups in total. The molecule has 7 rings (SSSR count). The normalized spacial score (nSPS) is 16.5. The van der Waals surface area contributed by atoms with Gasteiger partial charge in [0.15, 0.2) is 12.1 Å². The highest BCUT2D eigenvalue weighted by Crippen LogP contribution is 2.46. The van der Waals surface area contributed by atoms with Crippen LogP contribution in [-0.4, -0.2) is 37.0 Å². The largest absolute Gasteiger partial charge is 0.640 e. The maximum Gasteiger partial charge on any atom is 0.636 e. The van der Waals surface area contributed by atoms with Crippen LogP contribution in [0, 0.1) is 0 Å². The molecule has 0 bridgehead atoms. The zero-order valence-electron chi connectivity index (χ0n) is 29.0. The summed E-state index contributed by atoms with van der Waals surface area (Å²) in [5.74, 6) is 3.83. The molecule has 0 radical (unpaired) electrons. The van der Waals surface area contributed by atoms with E-state index < -0.39 is 13.8 Å². The zero-order chi connectivity index (χ0) is 33.0. The Morgan fingerprint density at radius 2 is 1.00 bits per heavy atom. The summed E-state index contributed by atoms with van der Waals surface area (Å²) >= 11 is 0. The smallest absolute Gasteiger partial charge is 0.636 e. The highest BCUT2D eigenvalue weighted by atomic mass is 16.8. The van der Waals surface area contributed by atoms with Crippen LogP contribution < -0.4 is 23.4 Å². The molecule has 0 fully saturated rings. The van der Waals surface area contributed by atoms with Gasteiger partial charge in [0.2, 0.25) is 5.69 Å². The molecule has 4 aromatic carbocycles. The number of hydrogen-bond donors (Lipinski definition) is 0. The number of nitrogens with zero attached hydrogens (tertiary/aromatic N) is 2. The van der Waals surface area contributed by atoms with Gasteiger partial charge in [0.25, 0.3) is 0 Å². The first-order chi connectivity index (χ1) is 22.6. The van der Waals surface area contributed by atoms with Crippen molar-refractivity contribution in [3.05, 3.63) is 107 Å². The summed E-state index contributed by atoms with van der Waals surface area (Å²) in [6.07, 6.45) is 0. The lowest BCUT2D eigenvalue weighted by Crippen LogP contribution is -2.73. The summed E-state index contributed by atoms with van der Waals surface area (Å²) in [5.41, 5.74) is 8.42. The molecule has 0 amide bonds. The van der Waals surface area contributed by atoms with Crippen molar-refractivity contribution in [2.45, 2.75) is 79.1 Å². The van der Waals surface area contributed by atoms with E-state index in [1.165, 1.54) is 33.6 Å². The molecule has 3 aliphatic rings. The van der Waals surface area contributed by atoms with Crippen molar-refractivity contribution < 1.29 is 23.2 Å². The molecule has 8 heteroatoms. The third-order valence-corrected chi connectivity index (χ3v) is 9.80. The molecule has 0 saturated carbocycles. The van der Waals surface area contributed by atoms with E-state index in [0.717, 1.165) is 12.1 Å². The maximum atomic E-state index is 7.21. The minimum atomic E-state index is -2.57. The first-order valence-electron chi connectivity index (χ1n) is 17.3. The summed E-state index contributed by atoms with van der Waals surface area (Å²) < 4.78 is 30.6. The molecule has 0 aliphatic carbocycles. The Labute approximate surface area is 280 Å². The SMILES string of the molecule is CC(C)c1cccc(C(C)C)c1N1CC[N+](c2c(C(C)C)cccc2C(C)C)=C2B1Oc1ccccc1O[B-]21Oc2ccccc2O1.